The number of fused-ring (bicyclic) bond motifs is 4. The van der Waals surface area contributed by atoms with Crippen molar-refractivity contribution in [3.05, 3.63) is 77.1 Å². The number of carbonyl (C=O) groups is 1. The molecule has 160 valence electrons. The average molecular weight is 435 g/mol. The van der Waals surface area contributed by atoms with Crippen LogP contribution < -0.4 is 10.2 Å². The van der Waals surface area contributed by atoms with Gasteiger partial charge in [0, 0.05) is 42.2 Å². The molecule has 31 heavy (non-hydrogen) atoms. The number of nitrogens with one attached hydrogen (secondary N) is 1. The molecule has 6 heteroatoms. The minimum atomic E-state index is -0.102. The highest BCUT2D eigenvalue weighted by Gasteiger charge is 2.46. The molecule has 0 bridgehead atoms. The van der Waals surface area contributed by atoms with Gasteiger partial charge in [-0.05, 0) is 68.7 Å². The Kier molecular flexibility index (Phi) is 4.94. The van der Waals surface area contributed by atoms with Gasteiger partial charge in [-0.3, -0.25) is 0 Å². The zero-order valence-electron chi connectivity index (χ0n) is 17.9. The van der Waals surface area contributed by atoms with E-state index in [2.05, 4.69) is 64.3 Å². The number of para-hydroxylation sites is 2. The lowest BCUT2D eigenvalue weighted by atomic mass is 9.80. The van der Waals surface area contributed by atoms with E-state index in [4.69, 9.17) is 11.6 Å². The van der Waals surface area contributed by atoms with Gasteiger partial charge in [0.15, 0.2) is 0 Å². The second kappa shape index (κ2) is 7.65. The van der Waals surface area contributed by atoms with Gasteiger partial charge in [0.05, 0.1) is 16.9 Å². The lowest BCUT2D eigenvalue weighted by Crippen LogP contribution is -2.57. The van der Waals surface area contributed by atoms with Crippen LogP contribution >= 0.6 is 11.6 Å². The van der Waals surface area contributed by atoms with Crippen LogP contribution in [0.4, 0.5) is 16.2 Å². The van der Waals surface area contributed by atoms with Crippen molar-refractivity contribution in [2.45, 2.75) is 32.2 Å². The molecule has 5 rings (SSSR count). The fourth-order valence-corrected chi connectivity index (χ4v) is 5.43. The molecular weight excluding hydrogens is 408 g/mol. The second-order valence-corrected chi connectivity index (χ2v) is 8.76. The van der Waals surface area contributed by atoms with E-state index >= 15 is 0 Å². The molecule has 1 saturated heterocycles. The zero-order valence-corrected chi connectivity index (χ0v) is 18.7. The number of amides is 2. The average Bonchev–Trinajstić information content (AvgIpc) is 3.29. The number of halogens is 1. The van der Waals surface area contributed by atoms with Gasteiger partial charge in [0.25, 0.3) is 0 Å². The molecule has 0 atom stereocenters. The molecule has 0 unspecified atom stereocenters. The molecule has 1 aromatic heterocycles. The molecule has 2 aliphatic heterocycles. The summed E-state index contributed by atoms with van der Waals surface area (Å²) in [5.41, 5.74) is 5.37. The van der Waals surface area contributed by atoms with E-state index in [-0.39, 0.29) is 11.6 Å². The summed E-state index contributed by atoms with van der Waals surface area (Å²) in [6.45, 7) is 6.48. The highest BCUT2D eigenvalue weighted by Crippen LogP contribution is 2.48. The number of anilines is 2. The van der Waals surface area contributed by atoms with Crippen LogP contribution in [0.1, 0.15) is 31.0 Å². The molecule has 0 saturated carbocycles. The molecule has 2 aromatic carbocycles. The molecule has 2 amide bonds. The van der Waals surface area contributed by atoms with E-state index < -0.39 is 0 Å². The summed E-state index contributed by atoms with van der Waals surface area (Å²) in [5.74, 6) is 0. The normalized spacial score (nSPS) is 16.7. The quantitative estimate of drug-likeness (QED) is 0.553. The van der Waals surface area contributed by atoms with E-state index in [1.165, 1.54) is 17.1 Å². The SMILES string of the molecule is CCN1c2ccccc2-n2cccc2C12CCN(C(=O)Nc1cccc(Cl)c1C)CC2. The van der Waals surface area contributed by atoms with Gasteiger partial charge in [-0.25, -0.2) is 4.79 Å². The molecule has 3 heterocycles. The third-order valence-corrected chi connectivity index (χ3v) is 7.29. The molecule has 1 N–H and O–H groups in total. The Bertz CT molecular complexity index is 1130. The summed E-state index contributed by atoms with van der Waals surface area (Å²) in [7, 11) is 0. The van der Waals surface area contributed by atoms with Crippen LogP contribution in [-0.4, -0.2) is 35.1 Å². The molecule has 2 aliphatic rings. The zero-order chi connectivity index (χ0) is 21.6. The molecule has 0 aliphatic carbocycles. The third-order valence-electron chi connectivity index (χ3n) is 6.88. The monoisotopic (exact) mass is 434 g/mol. The van der Waals surface area contributed by atoms with Gasteiger partial charge in [-0.15, -0.1) is 0 Å². The predicted octanol–water partition coefficient (Wildman–Crippen LogP) is 5.80. The van der Waals surface area contributed by atoms with Crippen LogP contribution in [0.15, 0.2) is 60.8 Å². The van der Waals surface area contributed by atoms with Crippen LogP contribution in [0.25, 0.3) is 5.69 Å². The first-order valence-corrected chi connectivity index (χ1v) is 11.3. The van der Waals surface area contributed by atoms with Gasteiger partial charge >= 0.3 is 6.03 Å². The van der Waals surface area contributed by atoms with Gasteiger partial charge in [-0.1, -0.05) is 29.8 Å². The summed E-state index contributed by atoms with van der Waals surface area (Å²) >= 11 is 6.22. The lowest BCUT2D eigenvalue weighted by Gasteiger charge is -2.53. The van der Waals surface area contributed by atoms with E-state index in [0.29, 0.717) is 18.1 Å². The molecule has 5 nitrogen and oxygen atoms in total. The van der Waals surface area contributed by atoms with Crippen molar-refractivity contribution < 1.29 is 4.79 Å². The largest absolute Gasteiger partial charge is 0.359 e. The number of hydrogen-bond donors (Lipinski definition) is 1. The highest BCUT2D eigenvalue weighted by atomic mass is 35.5. The van der Waals surface area contributed by atoms with Crippen molar-refractivity contribution in [2.75, 3.05) is 29.9 Å². The Morgan fingerprint density at radius 3 is 2.52 bits per heavy atom. The minimum absolute atomic E-state index is 0.0603. The Labute approximate surface area is 188 Å². The number of benzene rings is 2. The number of hydrogen-bond acceptors (Lipinski definition) is 2. The smallest absolute Gasteiger partial charge is 0.321 e. The summed E-state index contributed by atoms with van der Waals surface area (Å²) in [6.07, 6.45) is 3.94. The van der Waals surface area contributed by atoms with E-state index in [1.54, 1.807) is 0 Å². The summed E-state index contributed by atoms with van der Waals surface area (Å²) < 4.78 is 2.33. The Balaban J connectivity index is 1.40. The second-order valence-electron chi connectivity index (χ2n) is 8.36. The van der Waals surface area contributed by atoms with Crippen LogP contribution in [0, 0.1) is 6.92 Å². The Morgan fingerprint density at radius 1 is 1.03 bits per heavy atom. The third kappa shape index (κ3) is 3.10. The molecule has 3 aromatic rings. The number of piperidine rings is 1. The Hall–Kier alpha value is -2.92. The van der Waals surface area contributed by atoms with Crippen molar-refractivity contribution in [2.24, 2.45) is 0 Å². The maximum Gasteiger partial charge on any atom is 0.321 e. The molecule has 1 fully saturated rings. The van der Waals surface area contributed by atoms with Crippen molar-refractivity contribution in [1.82, 2.24) is 9.47 Å². The van der Waals surface area contributed by atoms with Gasteiger partial charge < -0.3 is 19.7 Å². The maximum absolute atomic E-state index is 13.0. The predicted molar refractivity (Wildman–Crippen MR) is 126 cm³/mol. The van der Waals surface area contributed by atoms with Crippen LogP contribution in [0.5, 0.6) is 0 Å². The van der Waals surface area contributed by atoms with Crippen LogP contribution in [-0.2, 0) is 5.54 Å². The number of rotatable bonds is 2. The fraction of sp³-hybridized carbons (Fsp3) is 0.320. The molecule has 1 spiro atoms. The summed E-state index contributed by atoms with van der Waals surface area (Å²) in [4.78, 5) is 17.5. The van der Waals surface area contributed by atoms with Crippen molar-refractivity contribution in [1.29, 1.82) is 0 Å². The van der Waals surface area contributed by atoms with Crippen LogP contribution in [0.2, 0.25) is 5.02 Å². The van der Waals surface area contributed by atoms with Crippen molar-refractivity contribution >= 4 is 29.0 Å². The first-order valence-electron chi connectivity index (χ1n) is 10.9. The minimum Gasteiger partial charge on any atom is -0.359 e. The Morgan fingerprint density at radius 2 is 1.77 bits per heavy atom. The molecule has 0 radical (unpaired) electrons. The van der Waals surface area contributed by atoms with E-state index in [9.17, 15) is 4.79 Å². The van der Waals surface area contributed by atoms with Gasteiger partial charge in [0.2, 0.25) is 0 Å². The summed E-state index contributed by atoms with van der Waals surface area (Å²) in [6, 6.07) is 18.5. The summed E-state index contributed by atoms with van der Waals surface area (Å²) in [5, 5.41) is 3.71. The number of carbonyl (C=O) groups excluding carboxylic acids is 1. The number of aromatic nitrogens is 1. The first kappa shape index (κ1) is 20.0. The maximum atomic E-state index is 13.0. The van der Waals surface area contributed by atoms with Gasteiger partial charge in [0.1, 0.15) is 0 Å². The van der Waals surface area contributed by atoms with Gasteiger partial charge in [-0.2, -0.15) is 0 Å². The molecular formula is C25H27ClN4O. The topological polar surface area (TPSA) is 40.5 Å². The van der Waals surface area contributed by atoms with E-state index in [1.807, 2.05) is 30.0 Å². The lowest BCUT2D eigenvalue weighted by molar-refractivity contribution is 0.161. The van der Waals surface area contributed by atoms with E-state index in [0.717, 1.165) is 30.6 Å². The number of nitrogens with zero attached hydrogens (tertiary/aromatic N) is 3. The van der Waals surface area contributed by atoms with Crippen molar-refractivity contribution in [3.8, 4) is 5.69 Å². The standard InChI is InChI=1S/C25H27ClN4O/c1-3-30-22-11-5-4-10-21(22)29-15-7-12-23(29)25(30)13-16-28(17-14-25)24(31)27-20-9-6-8-19(26)18(20)2/h4-12,15H,3,13-14,16-17H2,1-2H3,(H,27,31). The fourth-order valence-electron chi connectivity index (χ4n) is 5.25. The number of likely N-dealkylation sites (tertiary alicyclic amines) is 1. The first-order chi connectivity index (χ1) is 15.0. The van der Waals surface area contributed by atoms with Crippen LogP contribution in [0.3, 0.4) is 0 Å². The number of urea groups is 1. The van der Waals surface area contributed by atoms with Crippen molar-refractivity contribution in [3.63, 3.8) is 0 Å². The highest BCUT2D eigenvalue weighted by molar-refractivity contribution is 6.31.